The summed E-state index contributed by atoms with van der Waals surface area (Å²) in [6, 6.07) is 0. The van der Waals surface area contributed by atoms with E-state index in [0.29, 0.717) is 0 Å². The Morgan fingerprint density at radius 2 is 2.29 bits per heavy atom. The van der Waals surface area contributed by atoms with Gasteiger partial charge in [0.05, 0.1) is 6.61 Å². The van der Waals surface area contributed by atoms with Crippen molar-refractivity contribution >= 4 is 12.6 Å². The van der Waals surface area contributed by atoms with Gasteiger partial charge in [-0.25, -0.2) is 0 Å². The molecule has 0 fully saturated rings. The summed E-state index contributed by atoms with van der Waals surface area (Å²) in [6.45, 7) is 1.63. The highest BCUT2D eigenvalue weighted by Gasteiger charge is 2.13. The maximum atomic E-state index is 8.39. The second-order valence-corrected chi connectivity index (χ2v) is 2.48. The number of aliphatic hydroxyl groups excluding tert-OH is 1. The third-order valence-corrected chi connectivity index (χ3v) is 1.06. The highest BCUT2D eigenvalue weighted by Crippen LogP contribution is 2.10. The molecule has 1 atom stereocenters. The van der Waals surface area contributed by atoms with E-state index in [0.717, 1.165) is 0 Å². The molecule has 0 aliphatic heterocycles. The Balaban J connectivity index is 3.36. The summed E-state index contributed by atoms with van der Waals surface area (Å²) >= 11 is 3.91. The minimum atomic E-state index is -0.667. The molecule has 0 aromatic carbocycles. The zero-order valence-electron chi connectivity index (χ0n) is 4.51. The van der Waals surface area contributed by atoms with E-state index in [1.165, 1.54) is 7.11 Å². The predicted molar refractivity (Wildman–Crippen MR) is 31.5 cm³/mol. The molecule has 0 aliphatic rings. The lowest BCUT2D eigenvalue weighted by Gasteiger charge is -2.17. The molecule has 1 N–H and O–H groups in total. The average molecular weight is 122 g/mol. The lowest BCUT2D eigenvalue weighted by molar-refractivity contribution is 0.0363. The van der Waals surface area contributed by atoms with Crippen LogP contribution in [0.3, 0.4) is 0 Å². The molecule has 44 valence electrons. The molecule has 0 aliphatic carbocycles. The average Bonchev–Trinajstić information content (AvgIpc) is 1.68. The number of hydrogen-bond donors (Lipinski definition) is 2. The van der Waals surface area contributed by atoms with Crippen molar-refractivity contribution in [1.82, 2.24) is 0 Å². The van der Waals surface area contributed by atoms with Crippen molar-refractivity contribution in [1.29, 1.82) is 0 Å². The Kier molecular flexibility index (Phi) is 2.64. The molecule has 0 rings (SSSR count). The van der Waals surface area contributed by atoms with Crippen LogP contribution >= 0.6 is 12.6 Å². The Hall–Kier alpha value is 0.270. The fourth-order valence-electron chi connectivity index (χ4n) is 0.0645. The lowest BCUT2D eigenvalue weighted by Crippen LogP contribution is -2.23. The Morgan fingerprint density at radius 3 is 2.29 bits per heavy atom. The Labute approximate surface area is 48.9 Å². The van der Waals surface area contributed by atoms with Crippen LogP contribution in [0.2, 0.25) is 0 Å². The van der Waals surface area contributed by atoms with Gasteiger partial charge in [0.1, 0.15) is 4.93 Å². The summed E-state index contributed by atoms with van der Waals surface area (Å²) in [5.74, 6) is 0. The van der Waals surface area contributed by atoms with E-state index in [4.69, 9.17) is 9.84 Å². The lowest BCUT2D eigenvalue weighted by atomic mass is 10.4. The Morgan fingerprint density at radius 1 is 1.86 bits per heavy atom. The zero-order chi connectivity index (χ0) is 5.91. The van der Waals surface area contributed by atoms with Crippen LogP contribution in [0, 0.1) is 0 Å². The largest absolute Gasteiger partial charge is 0.392 e. The van der Waals surface area contributed by atoms with Gasteiger partial charge in [-0.1, -0.05) is 0 Å². The van der Waals surface area contributed by atoms with Crippen molar-refractivity contribution in [3.63, 3.8) is 0 Å². The molecule has 0 aromatic rings. The van der Waals surface area contributed by atoms with Gasteiger partial charge in [-0.3, -0.25) is 0 Å². The van der Waals surface area contributed by atoms with Crippen molar-refractivity contribution in [3.8, 4) is 0 Å². The molecule has 1 unspecified atom stereocenters. The van der Waals surface area contributed by atoms with Crippen LogP contribution in [0.1, 0.15) is 6.92 Å². The first-order chi connectivity index (χ1) is 3.12. The van der Waals surface area contributed by atoms with Crippen LogP contribution in [-0.4, -0.2) is 23.8 Å². The van der Waals surface area contributed by atoms with Gasteiger partial charge in [0.15, 0.2) is 0 Å². The third kappa shape index (κ3) is 2.91. The minimum Gasteiger partial charge on any atom is -0.392 e. The molecule has 0 bridgehead atoms. The van der Waals surface area contributed by atoms with Crippen molar-refractivity contribution in [3.05, 3.63) is 0 Å². The second kappa shape index (κ2) is 2.55. The first-order valence-corrected chi connectivity index (χ1v) is 2.45. The number of aliphatic hydroxyl groups is 1. The van der Waals surface area contributed by atoms with Crippen molar-refractivity contribution in [2.75, 3.05) is 13.7 Å². The fourth-order valence-corrected chi connectivity index (χ4v) is 0.0645. The molecule has 0 amide bonds. The van der Waals surface area contributed by atoms with Gasteiger partial charge in [0, 0.05) is 7.11 Å². The highest BCUT2D eigenvalue weighted by atomic mass is 32.1. The molecular weight excluding hydrogens is 112 g/mol. The summed E-state index contributed by atoms with van der Waals surface area (Å²) in [7, 11) is 1.50. The van der Waals surface area contributed by atoms with Gasteiger partial charge in [0.2, 0.25) is 0 Å². The van der Waals surface area contributed by atoms with Gasteiger partial charge in [-0.2, -0.15) is 0 Å². The SMILES string of the molecule is COC(C)(S)CO. The van der Waals surface area contributed by atoms with E-state index in [1.54, 1.807) is 6.92 Å². The van der Waals surface area contributed by atoms with E-state index in [-0.39, 0.29) is 6.61 Å². The highest BCUT2D eigenvalue weighted by molar-refractivity contribution is 7.81. The van der Waals surface area contributed by atoms with Crippen molar-refractivity contribution < 1.29 is 9.84 Å². The first kappa shape index (κ1) is 7.27. The molecule has 0 spiro atoms. The van der Waals surface area contributed by atoms with Gasteiger partial charge in [-0.15, -0.1) is 12.6 Å². The van der Waals surface area contributed by atoms with Crippen LogP contribution in [0.25, 0.3) is 0 Å². The predicted octanol–water partition coefficient (Wildman–Crippen LogP) is 0.271. The summed E-state index contributed by atoms with van der Waals surface area (Å²) in [4.78, 5) is -0.667. The smallest absolute Gasteiger partial charge is 0.130 e. The molecule has 0 aromatic heterocycles. The van der Waals surface area contributed by atoms with Crippen LogP contribution < -0.4 is 0 Å². The Bertz CT molecular complexity index is 47.7. The van der Waals surface area contributed by atoms with E-state index in [2.05, 4.69) is 12.6 Å². The van der Waals surface area contributed by atoms with Crippen LogP contribution in [0.5, 0.6) is 0 Å². The standard InChI is InChI=1S/C4H10O2S/c1-4(7,3-5)6-2/h5,7H,3H2,1-2H3. The maximum absolute atomic E-state index is 8.39. The van der Waals surface area contributed by atoms with E-state index in [1.807, 2.05) is 0 Å². The molecule has 7 heavy (non-hydrogen) atoms. The zero-order valence-corrected chi connectivity index (χ0v) is 5.40. The van der Waals surface area contributed by atoms with Gasteiger partial charge >= 0.3 is 0 Å². The van der Waals surface area contributed by atoms with Gasteiger partial charge in [-0.05, 0) is 6.92 Å². The quantitative estimate of drug-likeness (QED) is 0.406. The third-order valence-electron chi connectivity index (χ3n) is 0.733. The van der Waals surface area contributed by atoms with E-state index >= 15 is 0 Å². The number of hydrogen-bond acceptors (Lipinski definition) is 3. The van der Waals surface area contributed by atoms with E-state index < -0.39 is 4.93 Å². The molecule has 0 saturated carbocycles. The van der Waals surface area contributed by atoms with Crippen LogP contribution in [-0.2, 0) is 4.74 Å². The molecule has 2 nitrogen and oxygen atoms in total. The summed E-state index contributed by atoms with van der Waals surface area (Å²) in [5.41, 5.74) is 0. The molecule has 3 heteroatoms. The van der Waals surface area contributed by atoms with Crippen molar-refractivity contribution in [2.24, 2.45) is 0 Å². The summed E-state index contributed by atoms with van der Waals surface area (Å²) < 4.78 is 4.70. The van der Waals surface area contributed by atoms with Crippen LogP contribution in [0.15, 0.2) is 0 Å². The number of methoxy groups -OCH3 is 1. The van der Waals surface area contributed by atoms with Gasteiger partial charge in [0.25, 0.3) is 0 Å². The summed E-state index contributed by atoms with van der Waals surface area (Å²) in [6.07, 6.45) is 0. The normalized spacial score (nSPS) is 18.9. The maximum Gasteiger partial charge on any atom is 0.130 e. The minimum absolute atomic E-state index is 0.0629. The molecule has 0 saturated heterocycles. The monoisotopic (exact) mass is 122 g/mol. The first-order valence-electron chi connectivity index (χ1n) is 2.01. The molecule has 0 heterocycles. The number of rotatable bonds is 2. The fraction of sp³-hybridized carbons (Fsp3) is 1.00. The second-order valence-electron chi connectivity index (χ2n) is 1.54. The van der Waals surface area contributed by atoms with Crippen molar-refractivity contribution in [2.45, 2.75) is 11.9 Å². The van der Waals surface area contributed by atoms with Gasteiger partial charge < -0.3 is 9.84 Å². The molecule has 0 radical (unpaired) electrons. The topological polar surface area (TPSA) is 29.5 Å². The summed E-state index contributed by atoms with van der Waals surface area (Å²) in [5, 5.41) is 8.39. The number of thiol groups is 1. The van der Waals surface area contributed by atoms with Crippen LogP contribution in [0.4, 0.5) is 0 Å². The van der Waals surface area contributed by atoms with E-state index in [9.17, 15) is 0 Å². The number of ether oxygens (including phenoxy) is 1. The molecular formula is C4H10O2S.